The third-order valence-corrected chi connectivity index (χ3v) is 4.36. The van der Waals surface area contributed by atoms with Crippen molar-refractivity contribution in [1.82, 2.24) is 0 Å². The van der Waals surface area contributed by atoms with E-state index in [-0.39, 0.29) is 11.8 Å². The maximum atomic E-state index is 12.4. The van der Waals surface area contributed by atoms with E-state index < -0.39 is 11.7 Å². The number of ether oxygens (including phenoxy) is 1. The first kappa shape index (κ1) is 19.2. The SMILES string of the molecule is CC(C)c1cc(=O)oc2cc(O[C@@H](C)C(=O)Nc3ccccc3C#N)ccc12. The number of benzene rings is 2. The summed E-state index contributed by atoms with van der Waals surface area (Å²) in [6.07, 6.45) is -0.816. The number of carbonyl (C=O) groups excluding carboxylic acids is 1. The summed E-state index contributed by atoms with van der Waals surface area (Å²) < 4.78 is 11.0. The standard InChI is InChI=1S/C22H20N2O4/c1-13(2)18-11-21(25)28-20-10-16(8-9-17(18)20)27-14(3)22(26)24-19-7-5-4-6-15(19)12-23/h4-11,13-14H,1-3H3,(H,24,26)/t14-/m0/s1. The Bertz CT molecular complexity index is 1130. The number of para-hydroxylation sites is 1. The highest BCUT2D eigenvalue weighted by Crippen LogP contribution is 2.27. The maximum absolute atomic E-state index is 12.4. The lowest BCUT2D eigenvalue weighted by molar-refractivity contribution is -0.122. The fraction of sp³-hybridized carbons (Fsp3) is 0.227. The molecule has 3 rings (SSSR count). The summed E-state index contributed by atoms with van der Waals surface area (Å²) in [5.74, 6) is 0.191. The molecule has 1 N–H and O–H groups in total. The van der Waals surface area contributed by atoms with Gasteiger partial charge in [-0.05, 0) is 42.7 Å². The fourth-order valence-electron chi connectivity index (χ4n) is 2.90. The Kier molecular flexibility index (Phi) is 5.46. The van der Waals surface area contributed by atoms with Crippen LogP contribution in [0.3, 0.4) is 0 Å². The Morgan fingerprint density at radius 1 is 1.14 bits per heavy atom. The second kappa shape index (κ2) is 7.97. The van der Waals surface area contributed by atoms with Gasteiger partial charge in [0.1, 0.15) is 17.4 Å². The van der Waals surface area contributed by atoms with Crippen molar-refractivity contribution in [3.63, 3.8) is 0 Å². The minimum absolute atomic E-state index is 0.170. The van der Waals surface area contributed by atoms with Crippen LogP contribution in [-0.2, 0) is 4.79 Å². The highest BCUT2D eigenvalue weighted by atomic mass is 16.5. The zero-order chi connectivity index (χ0) is 20.3. The van der Waals surface area contributed by atoms with Gasteiger partial charge in [0, 0.05) is 17.5 Å². The third-order valence-electron chi connectivity index (χ3n) is 4.36. The average molecular weight is 376 g/mol. The molecule has 0 aliphatic rings. The van der Waals surface area contributed by atoms with Crippen molar-refractivity contribution >= 4 is 22.6 Å². The van der Waals surface area contributed by atoms with Crippen LogP contribution in [0.1, 0.15) is 37.8 Å². The van der Waals surface area contributed by atoms with E-state index in [2.05, 4.69) is 5.32 Å². The van der Waals surface area contributed by atoms with Crippen molar-refractivity contribution in [3.05, 3.63) is 70.1 Å². The number of anilines is 1. The van der Waals surface area contributed by atoms with Crippen molar-refractivity contribution in [1.29, 1.82) is 5.26 Å². The first-order chi connectivity index (χ1) is 13.4. The molecule has 0 unspecified atom stereocenters. The molecule has 0 aliphatic heterocycles. The number of rotatable bonds is 5. The molecule has 0 aliphatic carbocycles. The summed E-state index contributed by atoms with van der Waals surface area (Å²) in [4.78, 5) is 24.2. The summed E-state index contributed by atoms with van der Waals surface area (Å²) in [7, 11) is 0. The Morgan fingerprint density at radius 2 is 1.89 bits per heavy atom. The molecule has 1 atom stereocenters. The quantitative estimate of drug-likeness (QED) is 0.674. The van der Waals surface area contributed by atoms with Crippen molar-refractivity contribution < 1.29 is 13.9 Å². The monoisotopic (exact) mass is 376 g/mol. The number of nitriles is 1. The maximum Gasteiger partial charge on any atom is 0.336 e. The molecule has 0 fully saturated rings. The van der Waals surface area contributed by atoms with Gasteiger partial charge in [0.25, 0.3) is 5.91 Å². The lowest BCUT2D eigenvalue weighted by Crippen LogP contribution is -2.30. The molecule has 1 amide bonds. The molecule has 6 nitrogen and oxygen atoms in total. The summed E-state index contributed by atoms with van der Waals surface area (Å²) in [5, 5.41) is 12.6. The molecule has 0 saturated heterocycles. The van der Waals surface area contributed by atoms with Crippen LogP contribution in [0.25, 0.3) is 11.0 Å². The van der Waals surface area contributed by atoms with Crippen LogP contribution < -0.4 is 15.7 Å². The van der Waals surface area contributed by atoms with Gasteiger partial charge in [-0.1, -0.05) is 26.0 Å². The van der Waals surface area contributed by atoms with Gasteiger partial charge in [0.15, 0.2) is 6.10 Å². The van der Waals surface area contributed by atoms with Gasteiger partial charge >= 0.3 is 5.63 Å². The molecule has 0 bridgehead atoms. The normalized spacial score (nSPS) is 11.8. The largest absolute Gasteiger partial charge is 0.481 e. The molecular weight excluding hydrogens is 356 g/mol. The van der Waals surface area contributed by atoms with Gasteiger partial charge in [-0.15, -0.1) is 0 Å². The van der Waals surface area contributed by atoms with E-state index in [1.54, 1.807) is 43.3 Å². The minimum atomic E-state index is -0.816. The lowest BCUT2D eigenvalue weighted by Gasteiger charge is -2.16. The van der Waals surface area contributed by atoms with Gasteiger partial charge in [0.05, 0.1) is 11.3 Å². The van der Waals surface area contributed by atoms with Crippen molar-refractivity contribution in [2.24, 2.45) is 0 Å². The van der Waals surface area contributed by atoms with Gasteiger partial charge in [-0.3, -0.25) is 4.79 Å². The predicted octanol–water partition coefficient (Wildman–Crippen LogP) is 4.19. The molecule has 0 radical (unpaired) electrons. The molecule has 2 aromatic carbocycles. The van der Waals surface area contributed by atoms with E-state index in [0.29, 0.717) is 22.6 Å². The van der Waals surface area contributed by atoms with E-state index in [1.165, 1.54) is 6.07 Å². The Morgan fingerprint density at radius 3 is 2.61 bits per heavy atom. The van der Waals surface area contributed by atoms with Crippen LogP contribution in [-0.4, -0.2) is 12.0 Å². The van der Waals surface area contributed by atoms with Gasteiger partial charge in [-0.2, -0.15) is 5.26 Å². The fourth-order valence-corrected chi connectivity index (χ4v) is 2.90. The zero-order valence-corrected chi connectivity index (χ0v) is 15.9. The van der Waals surface area contributed by atoms with E-state index in [9.17, 15) is 9.59 Å². The zero-order valence-electron chi connectivity index (χ0n) is 15.9. The van der Waals surface area contributed by atoms with Crippen molar-refractivity contribution in [3.8, 4) is 11.8 Å². The van der Waals surface area contributed by atoms with Crippen LogP contribution in [0.5, 0.6) is 5.75 Å². The minimum Gasteiger partial charge on any atom is -0.481 e. The Balaban J connectivity index is 1.81. The van der Waals surface area contributed by atoms with E-state index in [1.807, 2.05) is 26.0 Å². The topological polar surface area (TPSA) is 92.3 Å². The average Bonchev–Trinajstić information content (AvgIpc) is 2.67. The summed E-state index contributed by atoms with van der Waals surface area (Å²) >= 11 is 0. The van der Waals surface area contributed by atoms with Crippen LogP contribution in [0.4, 0.5) is 5.69 Å². The van der Waals surface area contributed by atoms with E-state index in [0.717, 1.165) is 10.9 Å². The molecule has 1 heterocycles. The third kappa shape index (κ3) is 4.04. The smallest absolute Gasteiger partial charge is 0.336 e. The molecule has 3 aromatic rings. The highest BCUT2D eigenvalue weighted by molar-refractivity contribution is 5.95. The van der Waals surface area contributed by atoms with E-state index >= 15 is 0 Å². The number of nitrogens with one attached hydrogen (secondary N) is 1. The number of fused-ring (bicyclic) bond motifs is 1. The van der Waals surface area contributed by atoms with Crippen LogP contribution >= 0.6 is 0 Å². The van der Waals surface area contributed by atoms with Gasteiger partial charge in [0.2, 0.25) is 0 Å². The van der Waals surface area contributed by atoms with Crippen molar-refractivity contribution in [2.45, 2.75) is 32.8 Å². The van der Waals surface area contributed by atoms with Crippen LogP contribution in [0.2, 0.25) is 0 Å². The number of carbonyl (C=O) groups is 1. The highest BCUT2D eigenvalue weighted by Gasteiger charge is 2.17. The molecule has 6 heteroatoms. The molecule has 0 saturated carbocycles. The van der Waals surface area contributed by atoms with Gasteiger partial charge in [-0.25, -0.2) is 4.79 Å². The van der Waals surface area contributed by atoms with Gasteiger partial charge < -0.3 is 14.5 Å². The van der Waals surface area contributed by atoms with Crippen LogP contribution in [0.15, 0.2) is 57.7 Å². The Hall–Kier alpha value is -3.59. The second-order valence-corrected chi connectivity index (χ2v) is 6.74. The summed E-state index contributed by atoms with van der Waals surface area (Å²) in [6, 6.07) is 15.4. The molecular formula is C22H20N2O4. The summed E-state index contributed by atoms with van der Waals surface area (Å²) in [5.41, 5.74) is 1.69. The lowest BCUT2D eigenvalue weighted by atomic mass is 10.00. The Labute approximate surface area is 162 Å². The number of nitrogens with zero attached hydrogens (tertiary/aromatic N) is 1. The number of hydrogen-bond acceptors (Lipinski definition) is 5. The molecule has 142 valence electrons. The second-order valence-electron chi connectivity index (χ2n) is 6.74. The number of amides is 1. The number of hydrogen-bond donors (Lipinski definition) is 1. The molecule has 28 heavy (non-hydrogen) atoms. The predicted molar refractivity (Wildman–Crippen MR) is 106 cm³/mol. The molecule has 0 spiro atoms. The van der Waals surface area contributed by atoms with E-state index in [4.69, 9.17) is 14.4 Å². The first-order valence-electron chi connectivity index (χ1n) is 8.93. The van der Waals surface area contributed by atoms with Crippen molar-refractivity contribution in [2.75, 3.05) is 5.32 Å². The van der Waals surface area contributed by atoms with Crippen LogP contribution in [0, 0.1) is 11.3 Å². The molecule has 1 aromatic heterocycles. The summed E-state index contributed by atoms with van der Waals surface area (Å²) in [6.45, 7) is 5.61. The first-order valence-corrected chi connectivity index (χ1v) is 8.93.